The molecule has 8 nitrogen and oxygen atoms in total. The molecule has 4 amide bonds. The summed E-state index contributed by atoms with van der Waals surface area (Å²) >= 11 is 0. The Bertz CT molecular complexity index is 1350. The molecule has 3 aromatic rings. The molecule has 0 unspecified atom stereocenters. The highest BCUT2D eigenvalue weighted by Gasteiger charge is 2.36. The smallest absolute Gasteiger partial charge is 0.335 e. The number of nitrogens with one attached hydrogen (secondary N) is 1. The van der Waals surface area contributed by atoms with Gasteiger partial charge in [0.25, 0.3) is 11.8 Å². The first kappa shape index (κ1) is 25.5. The number of urea groups is 1. The molecular formula is C29H28N2O6. The number of carbonyl (C=O) groups is 3. The normalized spacial score (nSPS) is 14.5. The van der Waals surface area contributed by atoms with Crippen LogP contribution in [0, 0.1) is 6.92 Å². The van der Waals surface area contributed by atoms with Gasteiger partial charge in [-0.3, -0.25) is 14.9 Å². The van der Waals surface area contributed by atoms with E-state index in [9.17, 15) is 14.4 Å². The van der Waals surface area contributed by atoms with E-state index in [0.29, 0.717) is 41.7 Å². The Morgan fingerprint density at radius 1 is 0.919 bits per heavy atom. The molecule has 0 radical (unpaired) electrons. The zero-order valence-corrected chi connectivity index (χ0v) is 20.9. The molecule has 8 heteroatoms. The van der Waals surface area contributed by atoms with Gasteiger partial charge < -0.3 is 14.2 Å². The van der Waals surface area contributed by atoms with Crippen molar-refractivity contribution in [3.8, 4) is 17.2 Å². The Morgan fingerprint density at radius 3 is 2.41 bits per heavy atom. The van der Waals surface area contributed by atoms with Crippen molar-refractivity contribution in [1.82, 2.24) is 5.32 Å². The summed E-state index contributed by atoms with van der Waals surface area (Å²) in [5.74, 6) is 0.0933. The second-order valence-corrected chi connectivity index (χ2v) is 8.49. The van der Waals surface area contributed by atoms with E-state index in [2.05, 4.69) is 5.32 Å². The largest absolute Gasteiger partial charge is 0.494 e. The molecule has 190 valence electrons. The molecule has 37 heavy (non-hydrogen) atoms. The lowest BCUT2D eigenvalue weighted by Gasteiger charge is -2.26. The van der Waals surface area contributed by atoms with Crippen molar-refractivity contribution in [2.75, 3.05) is 18.6 Å². The van der Waals surface area contributed by atoms with Crippen LogP contribution in [0.2, 0.25) is 0 Å². The van der Waals surface area contributed by atoms with Crippen molar-refractivity contribution in [3.05, 3.63) is 89.0 Å². The first-order valence-electron chi connectivity index (χ1n) is 11.9. The van der Waals surface area contributed by atoms with Gasteiger partial charge in [0.2, 0.25) is 0 Å². The summed E-state index contributed by atoms with van der Waals surface area (Å²) in [7, 11) is 1.51. The number of methoxy groups -OCH3 is 1. The summed E-state index contributed by atoms with van der Waals surface area (Å²) in [6.45, 7) is 4.93. The fourth-order valence-corrected chi connectivity index (χ4v) is 3.83. The van der Waals surface area contributed by atoms with E-state index < -0.39 is 17.8 Å². The fourth-order valence-electron chi connectivity index (χ4n) is 3.83. The highest BCUT2D eigenvalue weighted by atomic mass is 16.5. The number of rotatable bonds is 9. The van der Waals surface area contributed by atoms with Gasteiger partial charge in [-0.2, -0.15) is 0 Å². The van der Waals surface area contributed by atoms with Crippen LogP contribution >= 0.6 is 0 Å². The van der Waals surface area contributed by atoms with Gasteiger partial charge in [-0.05, 0) is 66.9 Å². The van der Waals surface area contributed by atoms with Crippen LogP contribution in [0.5, 0.6) is 17.2 Å². The van der Waals surface area contributed by atoms with Crippen molar-refractivity contribution in [1.29, 1.82) is 0 Å². The number of amides is 4. The molecule has 0 aromatic heterocycles. The van der Waals surface area contributed by atoms with Crippen LogP contribution in [0.25, 0.3) is 6.08 Å². The van der Waals surface area contributed by atoms with Crippen molar-refractivity contribution in [3.63, 3.8) is 0 Å². The topological polar surface area (TPSA) is 94.2 Å². The predicted octanol–water partition coefficient (Wildman–Crippen LogP) is 5.04. The van der Waals surface area contributed by atoms with Gasteiger partial charge in [0.15, 0.2) is 11.5 Å². The fraction of sp³-hybridized carbons (Fsp3) is 0.207. The molecule has 0 bridgehead atoms. The lowest BCUT2D eigenvalue weighted by Crippen LogP contribution is -2.54. The van der Waals surface area contributed by atoms with E-state index in [1.807, 2.05) is 38.1 Å². The van der Waals surface area contributed by atoms with Crippen molar-refractivity contribution in [2.24, 2.45) is 0 Å². The average molecular weight is 501 g/mol. The number of imide groups is 2. The molecule has 3 aromatic carbocycles. The second-order valence-electron chi connectivity index (χ2n) is 8.49. The second kappa shape index (κ2) is 11.4. The van der Waals surface area contributed by atoms with Crippen LogP contribution in [0.1, 0.15) is 30.0 Å². The first-order chi connectivity index (χ1) is 17.9. The van der Waals surface area contributed by atoms with E-state index in [1.54, 1.807) is 42.5 Å². The van der Waals surface area contributed by atoms with E-state index in [1.165, 1.54) is 13.2 Å². The lowest BCUT2D eigenvalue weighted by molar-refractivity contribution is -0.122. The number of ether oxygens (including phenoxy) is 3. The van der Waals surface area contributed by atoms with Crippen LogP contribution in [0.4, 0.5) is 10.5 Å². The molecule has 0 aliphatic carbocycles. The summed E-state index contributed by atoms with van der Waals surface area (Å²) in [5, 5.41) is 2.23. The zero-order valence-electron chi connectivity index (χ0n) is 20.9. The van der Waals surface area contributed by atoms with E-state index in [-0.39, 0.29) is 5.57 Å². The third-order valence-corrected chi connectivity index (χ3v) is 5.64. The minimum atomic E-state index is -0.813. The Labute approximate surface area is 215 Å². The Kier molecular flexibility index (Phi) is 7.88. The van der Waals surface area contributed by atoms with Crippen LogP contribution in [0.15, 0.2) is 72.3 Å². The number of nitrogens with zero attached hydrogens (tertiary/aromatic N) is 1. The van der Waals surface area contributed by atoms with E-state index >= 15 is 0 Å². The molecule has 0 atom stereocenters. The van der Waals surface area contributed by atoms with Gasteiger partial charge in [-0.15, -0.1) is 0 Å². The van der Waals surface area contributed by atoms with Crippen molar-refractivity contribution in [2.45, 2.75) is 26.9 Å². The van der Waals surface area contributed by atoms with Crippen molar-refractivity contribution < 1.29 is 28.6 Å². The lowest BCUT2D eigenvalue weighted by atomic mass is 10.1. The first-order valence-corrected chi connectivity index (χ1v) is 11.9. The van der Waals surface area contributed by atoms with Gasteiger partial charge in [0.05, 0.1) is 19.4 Å². The molecule has 1 heterocycles. The summed E-state index contributed by atoms with van der Waals surface area (Å²) < 4.78 is 17.0. The van der Waals surface area contributed by atoms with Gasteiger partial charge in [-0.1, -0.05) is 42.8 Å². The van der Waals surface area contributed by atoms with E-state index in [0.717, 1.165) is 22.4 Å². The minimum absolute atomic E-state index is 0.179. The van der Waals surface area contributed by atoms with Crippen molar-refractivity contribution >= 4 is 29.6 Å². The maximum absolute atomic E-state index is 13.2. The molecule has 1 fully saturated rings. The quantitative estimate of drug-likeness (QED) is 0.327. The van der Waals surface area contributed by atoms with Crippen LogP contribution in [-0.4, -0.2) is 31.6 Å². The Balaban J connectivity index is 1.55. The van der Waals surface area contributed by atoms with Crippen LogP contribution < -0.4 is 24.4 Å². The highest BCUT2D eigenvalue weighted by Crippen LogP contribution is 2.31. The van der Waals surface area contributed by atoms with Gasteiger partial charge in [-0.25, -0.2) is 9.69 Å². The summed E-state index contributed by atoms with van der Waals surface area (Å²) in [5.41, 5.74) is 2.84. The molecule has 1 N–H and O–H groups in total. The summed E-state index contributed by atoms with van der Waals surface area (Å²) in [6, 6.07) is 18.8. The monoisotopic (exact) mass is 500 g/mol. The molecule has 0 spiro atoms. The molecule has 0 saturated carbocycles. The number of hydrogen-bond donors (Lipinski definition) is 1. The highest BCUT2D eigenvalue weighted by molar-refractivity contribution is 6.39. The number of hydrogen-bond acceptors (Lipinski definition) is 6. The third kappa shape index (κ3) is 5.98. The molecule has 1 saturated heterocycles. The minimum Gasteiger partial charge on any atom is -0.494 e. The van der Waals surface area contributed by atoms with Gasteiger partial charge >= 0.3 is 6.03 Å². The maximum Gasteiger partial charge on any atom is 0.335 e. The third-order valence-electron chi connectivity index (χ3n) is 5.64. The van der Waals surface area contributed by atoms with E-state index in [4.69, 9.17) is 14.2 Å². The number of benzene rings is 3. The number of anilines is 1. The summed E-state index contributed by atoms with van der Waals surface area (Å²) in [4.78, 5) is 39.2. The number of carbonyl (C=O) groups excluding carboxylic acids is 3. The summed E-state index contributed by atoms with van der Waals surface area (Å²) in [6.07, 6.45) is 2.28. The van der Waals surface area contributed by atoms with Gasteiger partial charge in [0, 0.05) is 0 Å². The number of barbiturate groups is 1. The van der Waals surface area contributed by atoms with Gasteiger partial charge in [0.1, 0.15) is 17.9 Å². The average Bonchev–Trinajstić information content (AvgIpc) is 2.89. The molecule has 1 aliphatic heterocycles. The zero-order chi connectivity index (χ0) is 26.4. The molecule has 1 aliphatic rings. The molecule has 4 rings (SSSR count). The maximum atomic E-state index is 13.2. The van der Waals surface area contributed by atoms with Crippen LogP contribution in [-0.2, 0) is 16.2 Å². The molecular weight excluding hydrogens is 472 g/mol. The standard InChI is InChI=1S/C29H28N2O6/c1-4-14-36-23-11-9-22(10-12-23)31-28(33)24(27(32)30-29(31)34)16-20-8-13-25(26(17-20)35-3)37-18-21-7-5-6-19(2)15-21/h5-13,15-17H,4,14,18H2,1-3H3,(H,30,32,34)/b24-16-. The SMILES string of the molecule is CCCOc1ccc(N2C(=O)NC(=O)/C(=C/c3ccc(OCc4cccc(C)c4)c(OC)c3)C2=O)cc1. The number of aryl methyl sites for hydroxylation is 1. The Hall–Kier alpha value is -4.59. The van der Waals surface area contributed by atoms with Crippen LogP contribution in [0.3, 0.4) is 0 Å². The Morgan fingerprint density at radius 2 is 1.70 bits per heavy atom. The predicted molar refractivity (Wildman–Crippen MR) is 140 cm³/mol.